The van der Waals surface area contributed by atoms with Gasteiger partial charge in [0.2, 0.25) is 23.7 Å². The first kappa shape index (κ1) is 26.1. The predicted molar refractivity (Wildman–Crippen MR) is 193 cm³/mol. The van der Waals surface area contributed by atoms with Crippen molar-refractivity contribution in [2.75, 3.05) is 0 Å². The fourth-order valence-corrected chi connectivity index (χ4v) is 7.80. The van der Waals surface area contributed by atoms with Gasteiger partial charge < -0.3 is 9.30 Å². The van der Waals surface area contributed by atoms with Crippen molar-refractivity contribution in [1.82, 2.24) is 4.57 Å². The third-order valence-corrected chi connectivity index (χ3v) is 9.80. The second-order valence-electron chi connectivity index (χ2n) is 12.3. The Labute approximate surface area is 272 Å². The molecule has 3 nitrogen and oxygen atoms in total. The van der Waals surface area contributed by atoms with Gasteiger partial charge in [-0.05, 0) is 63.2 Å². The molecule has 3 aliphatic rings. The number of ether oxygens (including phenoxy) is 1. The van der Waals surface area contributed by atoms with Gasteiger partial charge in [0, 0.05) is 34.5 Å². The summed E-state index contributed by atoms with van der Waals surface area (Å²) in [6, 6.07) is 52.6. The molecule has 2 heterocycles. The fraction of sp³-hybridized carbons (Fsp3) is 0.0227. The summed E-state index contributed by atoms with van der Waals surface area (Å²) in [4.78, 5) is 0. The summed E-state index contributed by atoms with van der Waals surface area (Å²) in [6.07, 6.45) is 8.28. The normalized spacial score (nSPS) is 16.1. The quantitative estimate of drug-likeness (QED) is 0.180. The Balaban J connectivity index is 1.33. The molecular weight excluding hydrogens is 572 g/mol. The molecule has 47 heavy (non-hydrogen) atoms. The highest BCUT2D eigenvalue weighted by Gasteiger charge is 2.36. The highest BCUT2D eigenvalue weighted by Crippen LogP contribution is 2.50. The van der Waals surface area contributed by atoms with E-state index >= 15 is 0 Å². The molecule has 7 aromatic rings. The Hall–Kier alpha value is -6.19. The maximum absolute atomic E-state index is 6.29. The summed E-state index contributed by atoms with van der Waals surface area (Å²) >= 11 is 0. The van der Waals surface area contributed by atoms with Crippen LogP contribution in [0.1, 0.15) is 11.1 Å². The van der Waals surface area contributed by atoms with Gasteiger partial charge in [0.05, 0.1) is 16.7 Å². The monoisotopic (exact) mass is 601 g/mol. The first-order valence-electron chi connectivity index (χ1n) is 16.1. The van der Waals surface area contributed by atoms with E-state index in [0.717, 1.165) is 11.4 Å². The summed E-state index contributed by atoms with van der Waals surface area (Å²) in [5, 5.41) is 2.52. The molecule has 0 saturated carbocycles. The zero-order valence-electron chi connectivity index (χ0n) is 25.5. The van der Waals surface area contributed by atoms with E-state index in [2.05, 4.69) is 167 Å². The number of fused-ring (bicyclic) bond motifs is 12. The van der Waals surface area contributed by atoms with Crippen molar-refractivity contribution in [1.29, 1.82) is 0 Å². The topological polar surface area (TPSA) is 17.2 Å². The highest BCUT2D eigenvalue weighted by molar-refractivity contribution is 6.22. The van der Waals surface area contributed by atoms with Gasteiger partial charge in [0.25, 0.3) is 0 Å². The van der Waals surface area contributed by atoms with Crippen LogP contribution in [-0.2, 0) is 4.74 Å². The lowest BCUT2D eigenvalue weighted by Crippen LogP contribution is -2.31. The number of rotatable bonds is 2. The van der Waals surface area contributed by atoms with E-state index in [1.165, 1.54) is 72.0 Å². The van der Waals surface area contributed by atoms with E-state index in [1.54, 1.807) is 0 Å². The van der Waals surface area contributed by atoms with Crippen molar-refractivity contribution < 1.29 is 9.31 Å². The van der Waals surface area contributed by atoms with Crippen LogP contribution in [0.5, 0.6) is 0 Å². The van der Waals surface area contributed by atoms with Gasteiger partial charge in [0.15, 0.2) is 0 Å². The highest BCUT2D eigenvalue weighted by atomic mass is 16.5. The zero-order valence-corrected chi connectivity index (χ0v) is 25.5. The van der Waals surface area contributed by atoms with Gasteiger partial charge >= 0.3 is 0 Å². The van der Waals surface area contributed by atoms with E-state index in [4.69, 9.17) is 4.74 Å². The molecule has 10 rings (SSSR count). The number of nitrogens with zero attached hydrogens (tertiary/aromatic N) is 2. The van der Waals surface area contributed by atoms with Crippen molar-refractivity contribution >= 4 is 44.4 Å². The summed E-state index contributed by atoms with van der Waals surface area (Å²) in [5.74, 6) is 0. The number of para-hydroxylation sites is 3. The lowest BCUT2D eigenvalue weighted by atomic mass is 9.76. The van der Waals surface area contributed by atoms with Crippen molar-refractivity contribution in [2.45, 2.75) is 6.10 Å². The van der Waals surface area contributed by atoms with Crippen LogP contribution in [0.4, 0.5) is 5.69 Å². The van der Waals surface area contributed by atoms with Crippen LogP contribution in [0.15, 0.2) is 170 Å². The minimum atomic E-state index is -0.206. The van der Waals surface area contributed by atoms with Crippen LogP contribution >= 0.6 is 0 Å². The second-order valence-corrected chi connectivity index (χ2v) is 12.3. The van der Waals surface area contributed by atoms with E-state index < -0.39 is 0 Å². The van der Waals surface area contributed by atoms with Crippen LogP contribution in [0.3, 0.4) is 0 Å². The Morgan fingerprint density at radius 1 is 0.511 bits per heavy atom. The van der Waals surface area contributed by atoms with E-state index in [0.29, 0.717) is 0 Å². The molecule has 0 radical (unpaired) electrons. The summed E-state index contributed by atoms with van der Waals surface area (Å²) in [5.41, 5.74) is 15.5. The Kier molecular flexibility index (Phi) is 5.64. The molecule has 0 saturated heterocycles. The predicted octanol–water partition coefficient (Wildman–Crippen LogP) is 10.6. The molecule has 0 fully saturated rings. The molecule has 0 spiro atoms. The Bertz CT molecular complexity index is 2490. The molecule has 0 amide bonds. The van der Waals surface area contributed by atoms with Crippen molar-refractivity contribution in [3.8, 4) is 27.9 Å². The van der Waals surface area contributed by atoms with Crippen LogP contribution in [0, 0.1) is 0 Å². The molecule has 0 N–H and O–H groups in total. The molecule has 1 aliphatic heterocycles. The van der Waals surface area contributed by atoms with Crippen molar-refractivity contribution in [3.63, 3.8) is 0 Å². The van der Waals surface area contributed by atoms with Crippen molar-refractivity contribution in [3.05, 3.63) is 181 Å². The molecule has 1 unspecified atom stereocenters. The number of allylic oxidation sites excluding steroid dienone is 2. The lowest BCUT2D eigenvalue weighted by Gasteiger charge is -2.30. The summed E-state index contributed by atoms with van der Waals surface area (Å²) in [7, 11) is 0. The minimum Gasteiger partial charge on any atom is -0.477 e. The van der Waals surface area contributed by atoms with Gasteiger partial charge in [-0.25, -0.2) is 0 Å². The number of aromatic nitrogens is 1. The molecule has 6 aromatic carbocycles. The molecule has 0 bridgehead atoms. The van der Waals surface area contributed by atoms with Gasteiger partial charge in [-0.15, -0.1) is 0 Å². The van der Waals surface area contributed by atoms with Crippen LogP contribution in [-0.4, -0.2) is 21.0 Å². The zero-order chi connectivity index (χ0) is 30.9. The van der Waals surface area contributed by atoms with Gasteiger partial charge in [-0.1, -0.05) is 115 Å². The lowest BCUT2D eigenvalue weighted by molar-refractivity contribution is -0.370. The standard InChI is InChI=1S/C44H29N2O/c1-2-13-29(14-3-1)45-25-26-47-43-28-38-31-16-5-4-15-30(31)36-21-12-24-41(44(36)35-20-7-6-17-32(35)37(38)27-42(43)45)46-39-22-10-8-18-33(39)34-19-9-11-23-40(34)46/h1-28,43H/q+1. The van der Waals surface area contributed by atoms with E-state index in [9.17, 15) is 0 Å². The number of benzene rings is 6. The second kappa shape index (κ2) is 10.2. The average molecular weight is 602 g/mol. The fourth-order valence-electron chi connectivity index (χ4n) is 7.80. The third-order valence-electron chi connectivity index (χ3n) is 9.80. The summed E-state index contributed by atoms with van der Waals surface area (Å²) in [6.45, 7) is 0. The number of hydrogen-bond acceptors (Lipinski definition) is 1. The van der Waals surface area contributed by atoms with Crippen LogP contribution < -0.4 is 0 Å². The minimum absolute atomic E-state index is 0.206. The van der Waals surface area contributed by atoms with Gasteiger partial charge in [-0.3, -0.25) is 0 Å². The Morgan fingerprint density at radius 3 is 1.85 bits per heavy atom. The van der Waals surface area contributed by atoms with Crippen molar-refractivity contribution in [2.24, 2.45) is 0 Å². The maximum atomic E-state index is 6.29. The number of hydrogen-bond donors (Lipinski definition) is 0. The van der Waals surface area contributed by atoms with E-state index in [-0.39, 0.29) is 6.10 Å². The largest absolute Gasteiger partial charge is 0.477 e. The van der Waals surface area contributed by atoms with Gasteiger partial charge in [0.1, 0.15) is 6.26 Å². The SMILES string of the molecule is C1=C[N+](c2ccccc2)=C2C=C3C(=CC2O1)c1ccccc1-c1cccc(-n2c4ccccc4c4ccccc42)c1-c1ccccc13. The molecule has 1 aromatic heterocycles. The maximum Gasteiger partial charge on any atom is 0.233 e. The molecule has 3 heteroatoms. The van der Waals surface area contributed by atoms with E-state index in [1.807, 2.05) is 12.5 Å². The Morgan fingerprint density at radius 2 is 1.11 bits per heavy atom. The molecule has 2 aliphatic carbocycles. The molecule has 220 valence electrons. The van der Waals surface area contributed by atoms with Gasteiger partial charge in [-0.2, -0.15) is 4.58 Å². The molecular formula is C44H29N2O+. The third kappa shape index (κ3) is 3.84. The first-order chi connectivity index (χ1) is 23.3. The van der Waals surface area contributed by atoms with Crippen LogP contribution in [0.2, 0.25) is 0 Å². The van der Waals surface area contributed by atoms with Crippen LogP contribution in [0.25, 0.3) is 60.9 Å². The summed E-state index contributed by atoms with van der Waals surface area (Å²) < 4.78 is 11.0. The smallest absolute Gasteiger partial charge is 0.233 e. The average Bonchev–Trinajstić information content (AvgIpc) is 3.48. The molecule has 1 atom stereocenters. The first-order valence-corrected chi connectivity index (χ1v) is 16.1.